The number of hydrogen-bond donors (Lipinski definition) is 1. The summed E-state index contributed by atoms with van der Waals surface area (Å²) in [7, 11) is 0. The van der Waals surface area contributed by atoms with Crippen LogP contribution in [0.3, 0.4) is 0 Å². The minimum absolute atomic E-state index is 0.0535. The van der Waals surface area contributed by atoms with Crippen molar-refractivity contribution in [1.82, 2.24) is 9.55 Å². The number of aromatic carboxylic acids is 1. The normalized spacial score (nSPS) is 11.5. The lowest BCUT2D eigenvalue weighted by molar-refractivity contribution is -0.274. The fraction of sp³-hybridized carbons (Fsp3) is 0.0909. The average Bonchev–Trinajstić information content (AvgIpc) is 3.09. The van der Waals surface area contributed by atoms with E-state index in [2.05, 4.69) is 15.0 Å². The summed E-state index contributed by atoms with van der Waals surface area (Å²) in [5.74, 6) is -1.62. The molecule has 0 spiro atoms. The van der Waals surface area contributed by atoms with Gasteiger partial charge in [-0.15, -0.1) is 13.2 Å². The molecule has 0 unspecified atom stereocenters. The summed E-state index contributed by atoms with van der Waals surface area (Å²) in [5, 5.41) is 15.2. The van der Waals surface area contributed by atoms with Gasteiger partial charge in [0.2, 0.25) is 0 Å². The second-order valence-electron chi connectivity index (χ2n) is 6.86. The molecule has 1 N–H and O–H groups in total. The summed E-state index contributed by atoms with van der Waals surface area (Å²) in [6.45, 7) is 0.329. The number of fused-ring (bicyclic) bond motifs is 1. The zero-order valence-electron chi connectivity index (χ0n) is 16.2. The van der Waals surface area contributed by atoms with E-state index in [-0.39, 0.29) is 22.3 Å². The highest BCUT2D eigenvalue weighted by molar-refractivity contribution is 6.29. The summed E-state index contributed by atoms with van der Waals surface area (Å²) >= 11 is 5.87. The molecule has 6 nitrogen and oxygen atoms in total. The molecule has 0 aliphatic carbocycles. The number of ether oxygens (including phenoxy) is 1. The summed E-state index contributed by atoms with van der Waals surface area (Å²) in [5.41, 5.74) is 1.91. The minimum Gasteiger partial charge on any atom is -0.545 e. The quantitative estimate of drug-likeness (QED) is 0.420. The minimum atomic E-state index is -4.75. The molecule has 0 saturated carbocycles. The molecule has 32 heavy (non-hydrogen) atoms. The fourth-order valence-corrected chi connectivity index (χ4v) is 3.43. The van der Waals surface area contributed by atoms with Gasteiger partial charge in [0, 0.05) is 34.9 Å². The molecule has 10 heteroatoms. The van der Waals surface area contributed by atoms with E-state index in [1.807, 2.05) is 10.6 Å². The van der Waals surface area contributed by atoms with Crippen molar-refractivity contribution in [3.63, 3.8) is 0 Å². The smallest absolute Gasteiger partial charge is 0.545 e. The second-order valence-corrected chi connectivity index (χ2v) is 7.24. The molecule has 2 heterocycles. The number of nitrogens with zero attached hydrogens (tertiary/aromatic N) is 2. The SMILES string of the molecule is O=C([O-])c1ccc(Cl)nc1Nc1ccc2c(ccn2Cc2cccc(OC(F)(F)F)c2)c1. The van der Waals surface area contributed by atoms with Crippen LogP contribution in [0, 0.1) is 0 Å². The molecular weight excluding hydrogens is 447 g/mol. The lowest BCUT2D eigenvalue weighted by Crippen LogP contribution is -2.23. The Labute approximate surface area is 184 Å². The lowest BCUT2D eigenvalue weighted by atomic mass is 10.2. The van der Waals surface area contributed by atoms with E-state index in [4.69, 9.17) is 11.6 Å². The molecule has 2 aromatic heterocycles. The molecular formula is C22H14ClF3N3O3-. The molecule has 0 aliphatic heterocycles. The summed E-state index contributed by atoms with van der Waals surface area (Å²) < 4.78 is 43.2. The van der Waals surface area contributed by atoms with Crippen LogP contribution in [0.2, 0.25) is 5.15 Å². The third-order valence-corrected chi connectivity index (χ3v) is 4.81. The van der Waals surface area contributed by atoms with Crippen LogP contribution >= 0.6 is 11.6 Å². The van der Waals surface area contributed by atoms with Crippen LogP contribution in [-0.4, -0.2) is 21.9 Å². The number of hydrogen-bond acceptors (Lipinski definition) is 5. The van der Waals surface area contributed by atoms with Gasteiger partial charge in [0.25, 0.3) is 0 Å². The van der Waals surface area contributed by atoms with Gasteiger partial charge >= 0.3 is 6.36 Å². The number of halogens is 4. The second kappa shape index (κ2) is 8.43. The number of carbonyl (C=O) groups is 1. The first-order chi connectivity index (χ1) is 15.2. The Morgan fingerprint density at radius 1 is 1.12 bits per heavy atom. The highest BCUT2D eigenvalue weighted by Crippen LogP contribution is 2.27. The molecule has 0 fully saturated rings. The van der Waals surface area contributed by atoms with E-state index < -0.39 is 12.3 Å². The predicted molar refractivity (Wildman–Crippen MR) is 111 cm³/mol. The highest BCUT2D eigenvalue weighted by atomic mass is 35.5. The van der Waals surface area contributed by atoms with Gasteiger partial charge in [-0.05, 0) is 54.1 Å². The van der Waals surface area contributed by atoms with Crippen molar-refractivity contribution >= 4 is 40.0 Å². The van der Waals surface area contributed by atoms with Crippen molar-refractivity contribution in [2.24, 2.45) is 0 Å². The summed E-state index contributed by atoms with van der Waals surface area (Å²) in [4.78, 5) is 15.3. The molecule has 4 rings (SSSR count). The maximum absolute atomic E-state index is 12.5. The van der Waals surface area contributed by atoms with Crippen LogP contribution in [0.15, 0.2) is 66.9 Å². The molecule has 0 aliphatic rings. The van der Waals surface area contributed by atoms with Crippen LogP contribution in [-0.2, 0) is 6.54 Å². The number of carboxylic acids is 1. The van der Waals surface area contributed by atoms with Gasteiger partial charge < -0.3 is 24.5 Å². The van der Waals surface area contributed by atoms with E-state index in [1.54, 1.807) is 30.5 Å². The van der Waals surface area contributed by atoms with Gasteiger partial charge in [0.05, 0.1) is 5.97 Å². The number of aromatic nitrogens is 2. The standard InChI is InChI=1S/C22H15ClF3N3O3/c23-19-7-5-17(21(30)31)20(28-19)27-15-4-6-18-14(11-15)8-9-29(18)12-13-2-1-3-16(10-13)32-22(24,25)26/h1-11H,12H2,(H,27,28)(H,30,31)/p-1. The van der Waals surface area contributed by atoms with Crippen LogP contribution in [0.25, 0.3) is 10.9 Å². The van der Waals surface area contributed by atoms with Crippen LogP contribution in [0.5, 0.6) is 5.75 Å². The predicted octanol–water partition coefficient (Wildman–Crippen LogP) is 4.74. The first kappa shape index (κ1) is 21.5. The molecule has 0 amide bonds. The fourth-order valence-electron chi connectivity index (χ4n) is 3.29. The van der Waals surface area contributed by atoms with Crippen molar-refractivity contribution in [2.75, 3.05) is 5.32 Å². The van der Waals surface area contributed by atoms with E-state index in [0.717, 1.165) is 10.9 Å². The van der Waals surface area contributed by atoms with Gasteiger partial charge in [-0.25, -0.2) is 4.98 Å². The highest BCUT2D eigenvalue weighted by Gasteiger charge is 2.31. The van der Waals surface area contributed by atoms with Crippen LogP contribution in [0.1, 0.15) is 15.9 Å². The number of carbonyl (C=O) groups excluding carboxylic acids is 1. The monoisotopic (exact) mass is 460 g/mol. The number of alkyl halides is 3. The van der Waals surface area contributed by atoms with E-state index >= 15 is 0 Å². The summed E-state index contributed by atoms with van der Waals surface area (Å²) in [6.07, 6.45) is -2.95. The number of nitrogens with one attached hydrogen (secondary N) is 1. The number of rotatable bonds is 6. The number of carboxylic acid groups (broad SMARTS) is 1. The van der Waals surface area contributed by atoms with Gasteiger partial charge in [-0.2, -0.15) is 0 Å². The Morgan fingerprint density at radius 3 is 2.69 bits per heavy atom. The maximum atomic E-state index is 12.5. The average molecular weight is 461 g/mol. The van der Waals surface area contributed by atoms with Crippen molar-refractivity contribution in [3.05, 3.63) is 83.1 Å². The Hall–Kier alpha value is -3.72. The molecule has 0 bridgehead atoms. The van der Waals surface area contributed by atoms with Crippen molar-refractivity contribution < 1.29 is 27.8 Å². The third-order valence-electron chi connectivity index (χ3n) is 4.60. The van der Waals surface area contributed by atoms with Gasteiger partial charge in [0.1, 0.15) is 16.7 Å². The zero-order valence-corrected chi connectivity index (χ0v) is 16.9. The van der Waals surface area contributed by atoms with Gasteiger partial charge in [-0.1, -0.05) is 23.7 Å². The molecule has 0 saturated heterocycles. The van der Waals surface area contributed by atoms with Crippen LogP contribution < -0.4 is 15.2 Å². The topological polar surface area (TPSA) is 79.2 Å². The first-order valence-electron chi connectivity index (χ1n) is 9.26. The van der Waals surface area contributed by atoms with E-state index in [1.165, 1.54) is 30.3 Å². The van der Waals surface area contributed by atoms with Crippen molar-refractivity contribution in [1.29, 1.82) is 0 Å². The molecule has 0 radical (unpaired) electrons. The molecule has 4 aromatic rings. The van der Waals surface area contributed by atoms with E-state index in [9.17, 15) is 23.1 Å². The molecule has 0 atom stereocenters. The van der Waals surface area contributed by atoms with Gasteiger partial charge in [-0.3, -0.25) is 0 Å². The Balaban J connectivity index is 1.57. The number of benzene rings is 2. The third kappa shape index (κ3) is 4.94. The Kier molecular flexibility index (Phi) is 5.67. The largest absolute Gasteiger partial charge is 0.573 e. The zero-order chi connectivity index (χ0) is 22.9. The van der Waals surface area contributed by atoms with Crippen molar-refractivity contribution in [3.8, 4) is 5.75 Å². The molecule has 2 aromatic carbocycles. The lowest BCUT2D eigenvalue weighted by Gasteiger charge is -2.13. The first-order valence-corrected chi connectivity index (χ1v) is 9.64. The van der Waals surface area contributed by atoms with Crippen LogP contribution in [0.4, 0.5) is 24.7 Å². The number of pyridine rings is 1. The maximum Gasteiger partial charge on any atom is 0.573 e. The summed E-state index contributed by atoms with van der Waals surface area (Å²) in [6, 6.07) is 15.6. The Morgan fingerprint density at radius 2 is 1.94 bits per heavy atom. The van der Waals surface area contributed by atoms with E-state index in [0.29, 0.717) is 17.8 Å². The molecule has 164 valence electrons. The number of anilines is 2. The van der Waals surface area contributed by atoms with Crippen molar-refractivity contribution in [2.45, 2.75) is 12.9 Å². The Bertz CT molecular complexity index is 1300. The van der Waals surface area contributed by atoms with Gasteiger partial charge in [0.15, 0.2) is 0 Å².